The van der Waals surface area contributed by atoms with Crippen molar-refractivity contribution in [2.75, 3.05) is 11.4 Å². The van der Waals surface area contributed by atoms with E-state index in [0.717, 1.165) is 0 Å². The van der Waals surface area contributed by atoms with E-state index in [1.165, 1.54) is 17.8 Å². The average Bonchev–Trinajstić information content (AvgIpc) is 2.83. The predicted octanol–water partition coefficient (Wildman–Crippen LogP) is 1.90. The van der Waals surface area contributed by atoms with Crippen LogP contribution < -0.4 is 4.90 Å². The standard InChI is InChI=1S/C10H9N/c1-2-4-10-8(3-1)5-6-9-7-11(9)10/h1-6,9H,7H2. The second-order valence-corrected chi connectivity index (χ2v) is 3.14. The molecule has 3 rings (SSSR count). The first-order valence-electron chi connectivity index (χ1n) is 3.99. The third kappa shape index (κ3) is 0.653. The van der Waals surface area contributed by atoms with Gasteiger partial charge in [-0.05, 0) is 11.6 Å². The molecule has 1 aromatic carbocycles. The van der Waals surface area contributed by atoms with E-state index in [0.29, 0.717) is 6.04 Å². The first-order valence-corrected chi connectivity index (χ1v) is 3.99. The summed E-state index contributed by atoms with van der Waals surface area (Å²) in [5.74, 6) is 0. The smallest absolute Gasteiger partial charge is 0.0653 e. The Balaban J connectivity index is 2.24. The molecule has 2 aliphatic rings. The number of nitrogens with zero attached hydrogens (tertiary/aromatic N) is 1. The molecule has 0 spiro atoms. The van der Waals surface area contributed by atoms with Gasteiger partial charge in [-0.25, -0.2) is 0 Å². The topological polar surface area (TPSA) is 3.01 Å². The summed E-state index contributed by atoms with van der Waals surface area (Å²) in [5.41, 5.74) is 2.77. The van der Waals surface area contributed by atoms with Crippen LogP contribution in [0.2, 0.25) is 0 Å². The van der Waals surface area contributed by atoms with E-state index in [1.807, 2.05) is 0 Å². The van der Waals surface area contributed by atoms with Crippen LogP contribution in [0.4, 0.5) is 5.69 Å². The Bertz CT molecular complexity index is 327. The lowest BCUT2D eigenvalue weighted by atomic mass is 10.1. The van der Waals surface area contributed by atoms with Gasteiger partial charge in [-0.3, -0.25) is 0 Å². The van der Waals surface area contributed by atoms with Crippen LogP contribution in [0, 0.1) is 0 Å². The van der Waals surface area contributed by atoms with Crippen molar-refractivity contribution >= 4 is 11.8 Å². The fraction of sp³-hybridized carbons (Fsp3) is 0.200. The summed E-state index contributed by atoms with van der Waals surface area (Å²) in [6, 6.07) is 9.27. The summed E-state index contributed by atoms with van der Waals surface area (Å²) in [6.07, 6.45) is 4.51. The highest BCUT2D eigenvalue weighted by molar-refractivity contribution is 5.76. The van der Waals surface area contributed by atoms with E-state index in [9.17, 15) is 0 Å². The van der Waals surface area contributed by atoms with E-state index in [1.54, 1.807) is 0 Å². The molecule has 1 atom stereocenters. The zero-order chi connectivity index (χ0) is 7.26. The lowest BCUT2D eigenvalue weighted by molar-refractivity contribution is 1.25. The second kappa shape index (κ2) is 1.67. The van der Waals surface area contributed by atoms with Crippen LogP contribution in [-0.2, 0) is 0 Å². The highest BCUT2D eigenvalue weighted by atomic mass is 15.3. The number of hydrogen-bond acceptors (Lipinski definition) is 1. The molecule has 0 N–H and O–H groups in total. The molecule has 2 aliphatic heterocycles. The van der Waals surface area contributed by atoms with Gasteiger partial charge in [-0.2, -0.15) is 0 Å². The van der Waals surface area contributed by atoms with Crippen molar-refractivity contribution in [3.05, 3.63) is 35.9 Å². The Morgan fingerprint density at radius 3 is 3.18 bits per heavy atom. The lowest BCUT2D eigenvalue weighted by Crippen LogP contribution is -2.01. The fourth-order valence-corrected chi connectivity index (χ4v) is 1.70. The monoisotopic (exact) mass is 143 g/mol. The minimum absolute atomic E-state index is 0.713. The van der Waals surface area contributed by atoms with Crippen molar-refractivity contribution in [3.63, 3.8) is 0 Å². The number of rotatable bonds is 0. The van der Waals surface area contributed by atoms with Crippen molar-refractivity contribution in [1.29, 1.82) is 0 Å². The fourth-order valence-electron chi connectivity index (χ4n) is 1.70. The van der Waals surface area contributed by atoms with Gasteiger partial charge in [0.05, 0.1) is 6.04 Å². The van der Waals surface area contributed by atoms with Gasteiger partial charge in [0.1, 0.15) is 0 Å². The molecule has 0 saturated carbocycles. The summed E-state index contributed by atoms with van der Waals surface area (Å²) in [6.45, 7) is 1.22. The molecule has 1 aromatic rings. The molecular weight excluding hydrogens is 134 g/mol. The SMILES string of the molecule is C1=CC2CN2c2ccccc21. The van der Waals surface area contributed by atoms with Gasteiger partial charge in [0, 0.05) is 12.2 Å². The van der Waals surface area contributed by atoms with Crippen LogP contribution in [0.25, 0.3) is 6.08 Å². The molecule has 54 valence electrons. The minimum atomic E-state index is 0.713. The van der Waals surface area contributed by atoms with E-state index in [2.05, 4.69) is 41.3 Å². The van der Waals surface area contributed by atoms with Crippen molar-refractivity contribution in [2.45, 2.75) is 6.04 Å². The number of benzene rings is 1. The molecule has 1 fully saturated rings. The van der Waals surface area contributed by atoms with Gasteiger partial charge >= 0.3 is 0 Å². The molecule has 1 heteroatoms. The predicted molar refractivity (Wildman–Crippen MR) is 46.6 cm³/mol. The van der Waals surface area contributed by atoms with Gasteiger partial charge in [0.15, 0.2) is 0 Å². The number of para-hydroxylation sites is 1. The van der Waals surface area contributed by atoms with Crippen molar-refractivity contribution < 1.29 is 0 Å². The molecule has 2 heterocycles. The van der Waals surface area contributed by atoms with Gasteiger partial charge in [0.25, 0.3) is 0 Å². The third-order valence-electron chi connectivity index (χ3n) is 2.39. The van der Waals surface area contributed by atoms with Crippen LogP contribution in [-0.4, -0.2) is 12.6 Å². The molecule has 0 bridgehead atoms. The zero-order valence-corrected chi connectivity index (χ0v) is 6.20. The van der Waals surface area contributed by atoms with Crippen molar-refractivity contribution in [2.24, 2.45) is 0 Å². The molecule has 0 aromatic heterocycles. The largest absolute Gasteiger partial charge is 0.360 e. The summed E-state index contributed by atoms with van der Waals surface area (Å²) in [4.78, 5) is 2.41. The van der Waals surface area contributed by atoms with E-state index >= 15 is 0 Å². The first-order chi connectivity index (χ1) is 5.45. The molecule has 0 amide bonds. The molecule has 1 unspecified atom stereocenters. The number of hydrogen-bond donors (Lipinski definition) is 0. The maximum Gasteiger partial charge on any atom is 0.0653 e. The van der Waals surface area contributed by atoms with Gasteiger partial charge in [-0.1, -0.05) is 30.4 Å². The number of anilines is 1. The highest BCUT2D eigenvalue weighted by Gasteiger charge is 2.34. The Hall–Kier alpha value is -1.24. The molecular formula is C10H9N. The molecule has 11 heavy (non-hydrogen) atoms. The quantitative estimate of drug-likeness (QED) is 0.501. The maximum atomic E-state index is 2.41. The minimum Gasteiger partial charge on any atom is -0.360 e. The Kier molecular flexibility index (Phi) is 0.823. The van der Waals surface area contributed by atoms with Gasteiger partial charge < -0.3 is 4.90 Å². The van der Waals surface area contributed by atoms with E-state index in [4.69, 9.17) is 0 Å². The Morgan fingerprint density at radius 1 is 1.27 bits per heavy atom. The second-order valence-electron chi connectivity index (χ2n) is 3.14. The van der Waals surface area contributed by atoms with Crippen molar-refractivity contribution in [3.8, 4) is 0 Å². The van der Waals surface area contributed by atoms with Crippen LogP contribution in [0.1, 0.15) is 5.56 Å². The highest BCUT2D eigenvalue weighted by Crippen LogP contribution is 2.36. The summed E-state index contributed by atoms with van der Waals surface area (Å²) < 4.78 is 0. The Morgan fingerprint density at radius 2 is 2.18 bits per heavy atom. The van der Waals surface area contributed by atoms with E-state index in [-0.39, 0.29) is 0 Å². The van der Waals surface area contributed by atoms with Crippen LogP contribution in [0.3, 0.4) is 0 Å². The van der Waals surface area contributed by atoms with Gasteiger partial charge in [0.2, 0.25) is 0 Å². The zero-order valence-electron chi connectivity index (χ0n) is 6.20. The maximum absolute atomic E-state index is 2.41. The molecule has 1 saturated heterocycles. The third-order valence-corrected chi connectivity index (χ3v) is 2.39. The number of fused-ring (bicyclic) bond motifs is 3. The van der Waals surface area contributed by atoms with Crippen LogP contribution in [0.15, 0.2) is 30.3 Å². The lowest BCUT2D eigenvalue weighted by Gasteiger charge is -2.11. The average molecular weight is 143 g/mol. The molecule has 0 radical (unpaired) electrons. The normalized spacial score (nSPS) is 24.4. The molecule has 1 nitrogen and oxygen atoms in total. The Labute approximate surface area is 65.9 Å². The summed E-state index contributed by atoms with van der Waals surface area (Å²) >= 11 is 0. The first kappa shape index (κ1) is 5.42. The van der Waals surface area contributed by atoms with Crippen molar-refractivity contribution in [1.82, 2.24) is 0 Å². The summed E-state index contributed by atoms with van der Waals surface area (Å²) in [5, 5.41) is 0. The van der Waals surface area contributed by atoms with E-state index < -0.39 is 0 Å². The van der Waals surface area contributed by atoms with Gasteiger partial charge in [-0.15, -0.1) is 0 Å². The van der Waals surface area contributed by atoms with Crippen LogP contribution in [0.5, 0.6) is 0 Å². The van der Waals surface area contributed by atoms with Crippen LogP contribution >= 0.6 is 0 Å². The summed E-state index contributed by atoms with van der Waals surface area (Å²) in [7, 11) is 0. The molecule has 0 aliphatic carbocycles.